The third kappa shape index (κ3) is 2.24. The molecular weight excluding hydrogens is 244 g/mol. The number of carbonyl (C=O) groups excluding carboxylic acids is 1. The number of rotatable bonds is 2. The minimum Gasteiger partial charge on any atom is -0.480 e. The lowest BCUT2D eigenvalue weighted by Gasteiger charge is -2.34. The highest BCUT2D eigenvalue weighted by atomic mass is 16.4. The first-order valence-electron chi connectivity index (χ1n) is 7.44. The van der Waals surface area contributed by atoms with Crippen LogP contribution in [0, 0.1) is 11.8 Å². The first kappa shape index (κ1) is 12.9. The molecule has 19 heavy (non-hydrogen) atoms. The van der Waals surface area contributed by atoms with Crippen LogP contribution in [-0.4, -0.2) is 47.1 Å². The van der Waals surface area contributed by atoms with E-state index in [1.165, 1.54) is 6.42 Å². The Hall–Kier alpha value is -1.10. The van der Waals surface area contributed by atoms with Crippen molar-refractivity contribution < 1.29 is 14.7 Å². The average Bonchev–Trinajstić information content (AvgIpc) is 3.05. The maximum Gasteiger partial charge on any atom is 0.326 e. The van der Waals surface area contributed by atoms with E-state index in [9.17, 15) is 14.7 Å². The molecule has 4 atom stereocenters. The standard InChI is InChI=1S/C14H22N2O3/c17-13(10-5-6-15-8-10)16-11-4-2-1-3-9(11)7-12(16)14(18)19/h9-12,15H,1-8H2,(H,18,19). The van der Waals surface area contributed by atoms with Gasteiger partial charge in [-0.15, -0.1) is 0 Å². The lowest BCUT2D eigenvalue weighted by Crippen LogP contribution is -2.49. The Bertz CT molecular complexity index is 379. The van der Waals surface area contributed by atoms with Crippen LogP contribution in [0.4, 0.5) is 0 Å². The Morgan fingerprint density at radius 1 is 1.16 bits per heavy atom. The second kappa shape index (κ2) is 5.12. The summed E-state index contributed by atoms with van der Waals surface area (Å²) in [6.45, 7) is 1.58. The number of hydrogen-bond donors (Lipinski definition) is 2. The lowest BCUT2D eigenvalue weighted by molar-refractivity contribution is -0.151. The van der Waals surface area contributed by atoms with Crippen molar-refractivity contribution in [2.75, 3.05) is 13.1 Å². The maximum absolute atomic E-state index is 12.6. The lowest BCUT2D eigenvalue weighted by atomic mass is 9.84. The molecule has 2 heterocycles. The fourth-order valence-corrected chi connectivity index (χ4v) is 4.07. The molecule has 5 heteroatoms. The third-order valence-electron chi connectivity index (χ3n) is 5.04. The molecule has 0 bridgehead atoms. The van der Waals surface area contributed by atoms with Crippen LogP contribution < -0.4 is 5.32 Å². The molecule has 0 aromatic heterocycles. The summed E-state index contributed by atoms with van der Waals surface area (Å²) in [5.41, 5.74) is 0. The van der Waals surface area contributed by atoms with Crippen LogP contribution in [0.2, 0.25) is 0 Å². The van der Waals surface area contributed by atoms with E-state index in [0.717, 1.165) is 32.2 Å². The number of aliphatic carboxylic acids is 1. The number of amides is 1. The molecule has 0 aromatic carbocycles. The molecule has 2 aliphatic heterocycles. The van der Waals surface area contributed by atoms with Gasteiger partial charge in [-0.1, -0.05) is 12.8 Å². The molecule has 0 aromatic rings. The van der Waals surface area contributed by atoms with Gasteiger partial charge in [-0.3, -0.25) is 4.79 Å². The molecule has 0 radical (unpaired) electrons. The van der Waals surface area contributed by atoms with Gasteiger partial charge in [0.2, 0.25) is 5.91 Å². The van der Waals surface area contributed by atoms with Gasteiger partial charge < -0.3 is 15.3 Å². The Morgan fingerprint density at radius 2 is 1.95 bits per heavy atom. The molecule has 5 nitrogen and oxygen atoms in total. The number of nitrogens with zero attached hydrogens (tertiary/aromatic N) is 1. The van der Waals surface area contributed by atoms with Gasteiger partial charge in [-0.2, -0.15) is 0 Å². The molecule has 1 aliphatic carbocycles. The van der Waals surface area contributed by atoms with Gasteiger partial charge in [0.1, 0.15) is 6.04 Å². The van der Waals surface area contributed by atoms with Gasteiger partial charge in [0.15, 0.2) is 0 Å². The third-order valence-corrected chi connectivity index (χ3v) is 5.04. The molecule has 106 valence electrons. The fourth-order valence-electron chi connectivity index (χ4n) is 4.07. The monoisotopic (exact) mass is 266 g/mol. The average molecular weight is 266 g/mol. The minimum absolute atomic E-state index is 0.0115. The van der Waals surface area contributed by atoms with Crippen molar-refractivity contribution in [3.8, 4) is 0 Å². The van der Waals surface area contributed by atoms with Crippen molar-refractivity contribution in [3.05, 3.63) is 0 Å². The van der Waals surface area contributed by atoms with E-state index in [1.807, 2.05) is 0 Å². The zero-order valence-electron chi connectivity index (χ0n) is 11.2. The molecule has 1 saturated carbocycles. The van der Waals surface area contributed by atoms with Crippen molar-refractivity contribution >= 4 is 11.9 Å². The normalized spacial score (nSPS) is 38.2. The number of nitrogens with one attached hydrogen (secondary N) is 1. The number of likely N-dealkylation sites (tertiary alicyclic amines) is 1. The highest BCUT2D eigenvalue weighted by molar-refractivity contribution is 5.86. The van der Waals surface area contributed by atoms with E-state index in [2.05, 4.69) is 5.32 Å². The largest absolute Gasteiger partial charge is 0.480 e. The molecular formula is C14H22N2O3. The molecule has 4 unspecified atom stereocenters. The molecule has 0 spiro atoms. The van der Waals surface area contributed by atoms with E-state index < -0.39 is 12.0 Å². The van der Waals surface area contributed by atoms with E-state index >= 15 is 0 Å². The van der Waals surface area contributed by atoms with Crippen molar-refractivity contribution in [1.82, 2.24) is 10.2 Å². The van der Waals surface area contributed by atoms with E-state index in [1.54, 1.807) is 4.90 Å². The maximum atomic E-state index is 12.6. The first-order chi connectivity index (χ1) is 9.18. The summed E-state index contributed by atoms with van der Waals surface area (Å²) in [6, 6.07) is -0.399. The number of carbonyl (C=O) groups is 2. The minimum atomic E-state index is -0.825. The summed E-state index contributed by atoms with van der Waals surface area (Å²) in [5.74, 6) is -0.351. The molecule has 3 aliphatic rings. The SMILES string of the molecule is O=C(O)C1CC2CCCCC2N1C(=O)C1CCNC1. The summed E-state index contributed by atoms with van der Waals surface area (Å²) < 4.78 is 0. The summed E-state index contributed by atoms with van der Waals surface area (Å²) in [7, 11) is 0. The van der Waals surface area contributed by atoms with Crippen molar-refractivity contribution in [2.45, 2.75) is 50.6 Å². The second-order valence-corrected chi connectivity index (χ2v) is 6.14. The quantitative estimate of drug-likeness (QED) is 0.777. The number of hydrogen-bond acceptors (Lipinski definition) is 3. The Kier molecular flexibility index (Phi) is 3.48. The van der Waals surface area contributed by atoms with Crippen LogP contribution in [0.3, 0.4) is 0 Å². The number of carboxylic acid groups (broad SMARTS) is 1. The van der Waals surface area contributed by atoms with Gasteiger partial charge in [-0.25, -0.2) is 4.79 Å². The number of carboxylic acids is 1. The highest BCUT2D eigenvalue weighted by Gasteiger charge is 2.48. The predicted octanol–water partition coefficient (Wildman–Crippen LogP) is 0.840. The smallest absolute Gasteiger partial charge is 0.326 e. The highest BCUT2D eigenvalue weighted by Crippen LogP contribution is 2.40. The molecule has 3 rings (SSSR count). The van der Waals surface area contributed by atoms with Crippen molar-refractivity contribution in [2.24, 2.45) is 11.8 Å². The van der Waals surface area contributed by atoms with Crippen molar-refractivity contribution in [3.63, 3.8) is 0 Å². The zero-order chi connectivity index (χ0) is 13.4. The van der Waals surface area contributed by atoms with Crippen LogP contribution in [0.15, 0.2) is 0 Å². The first-order valence-corrected chi connectivity index (χ1v) is 7.44. The molecule has 1 amide bonds. The van der Waals surface area contributed by atoms with E-state index in [0.29, 0.717) is 18.9 Å². The predicted molar refractivity (Wildman–Crippen MR) is 69.6 cm³/mol. The summed E-state index contributed by atoms with van der Waals surface area (Å²) in [6.07, 6.45) is 5.88. The van der Waals surface area contributed by atoms with Gasteiger partial charge in [-0.05, 0) is 38.1 Å². The van der Waals surface area contributed by atoms with E-state index in [-0.39, 0.29) is 17.9 Å². The second-order valence-electron chi connectivity index (χ2n) is 6.14. The van der Waals surface area contributed by atoms with Crippen molar-refractivity contribution in [1.29, 1.82) is 0 Å². The Balaban J connectivity index is 1.81. The van der Waals surface area contributed by atoms with Crippen LogP contribution >= 0.6 is 0 Å². The van der Waals surface area contributed by atoms with Gasteiger partial charge in [0.25, 0.3) is 0 Å². The van der Waals surface area contributed by atoms with Crippen LogP contribution in [0.25, 0.3) is 0 Å². The Morgan fingerprint density at radius 3 is 2.63 bits per heavy atom. The topological polar surface area (TPSA) is 69.6 Å². The summed E-state index contributed by atoms with van der Waals surface area (Å²) in [4.78, 5) is 25.8. The molecule has 2 saturated heterocycles. The fraction of sp³-hybridized carbons (Fsp3) is 0.857. The molecule has 2 N–H and O–H groups in total. The van der Waals surface area contributed by atoms with Gasteiger partial charge in [0.05, 0.1) is 5.92 Å². The van der Waals surface area contributed by atoms with Gasteiger partial charge in [0, 0.05) is 12.6 Å². The van der Waals surface area contributed by atoms with Crippen LogP contribution in [0.5, 0.6) is 0 Å². The van der Waals surface area contributed by atoms with Gasteiger partial charge >= 0.3 is 5.97 Å². The summed E-state index contributed by atoms with van der Waals surface area (Å²) >= 11 is 0. The molecule has 3 fully saturated rings. The van der Waals surface area contributed by atoms with Crippen LogP contribution in [0.1, 0.15) is 38.5 Å². The Labute approximate surface area is 113 Å². The number of fused-ring (bicyclic) bond motifs is 1. The summed E-state index contributed by atoms with van der Waals surface area (Å²) in [5, 5.41) is 12.6. The zero-order valence-corrected chi connectivity index (χ0v) is 11.2. The van der Waals surface area contributed by atoms with E-state index in [4.69, 9.17) is 0 Å². The van der Waals surface area contributed by atoms with Crippen LogP contribution in [-0.2, 0) is 9.59 Å².